The van der Waals surface area contributed by atoms with E-state index in [-0.39, 0.29) is 5.82 Å². The van der Waals surface area contributed by atoms with Gasteiger partial charge in [0, 0.05) is 39.6 Å². The molecule has 124 valence electrons. The first-order chi connectivity index (χ1) is 11.2. The summed E-state index contributed by atoms with van der Waals surface area (Å²) in [5.74, 6) is 1.06. The molecule has 0 N–H and O–H groups in total. The van der Waals surface area contributed by atoms with E-state index in [4.69, 9.17) is 9.15 Å². The van der Waals surface area contributed by atoms with Gasteiger partial charge >= 0.3 is 6.01 Å². The van der Waals surface area contributed by atoms with Crippen LogP contribution in [0.25, 0.3) is 0 Å². The number of halogens is 1. The standard InChI is InChI=1S/C16H21FN4O2/c1-13-18-19-16(23-13)21-10-8-20(9-11-21)7-2-12-22-15-5-3-14(17)4-6-15/h3-6H,2,7-12H2,1H3. The van der Waals surface area contributed by atoms with Crippen molar-refractivity contribution in [1.82, 2.24) is 15.1 Å². The highest BCUT2D eigenvalue weighted by molar-refractivity contribution is 5.25. The van der Waals surface area contributed by atoms with Crippen molar-refractivity contribution in [1.29, 1.82) is 0 Å². The predicted octanol–water partition coefficient (Wildman–Crippen LogP) is 2.11. The zero-order valence-corrected chi connectivity index (χ0v) is 13.2. The normalized spacial score (nSPS) is 15.8. The number of aromatic nitrogens is 2. The number of ether oxygens (including phenoxy) is 1. The van der Waals surface area contributed by atoms with Crippen molar-refractivity contribution in [2.24, 2.45) is 0 Å². The van der Waals surface area contributed by atoms with Gasteiger partial charge in [0.25, 0.3) is 0 Å². The minimum atomic E-state index is -0.244. The van der Waals surface area contributed by atoms with Crippen LogP contribution in [0, 0.1) is 12.7 Å². The van der Waals surface area contributed by atoms with Crippen LogP contribution in [0.5, 0.6) is 5.75 Å². The van der Waals surface area contributed by atoms with Gasteiger partial charge in [0.2, 0.25) is 5.89 Å². The number of nitrogens with zero attached hydrogens (tertiary/aromatic N) is 4. The van der Waals surface area contributed by atoms with Crippen molar-refractivity contribution in [3.63, 3.8) is 0 Å². The average Bonchev–Trinajstić information content (AvgIpc) is 3.00. The number of hydrogen-bond acceptors (Lipinski definition) is 6. The highest BCUT2D eigenvalue weighted by Gasteiger charge is 2.20. The van der Waals surface area contributed by atoms with E-state index < -0.39 is 0 Å². The summed E-state index contributed by atoms with van der Waals surface area (Å²) in [5.41, 5.74) is 0. The zero-order valence-electron chi connectivity index (χ0n) is 13.2. The predicted molar refractivity (Wildman–Crippen MR) is 84.2 cm³/mol. The number of aryl methyl sites for hydroxylation is 1. The number of anilines is 1. The first-order valence-corrected chi connectivity index (χ1v) is 7.86. The van der Waals surface area contributed by atoms with E-state index in [2.05, 4.69) is 20.0 Å². The smallest absolute Gasteiger partial charge is 0.318 e. The molecule has 1 aromatic carbocycles. The monoisotopic (exact) mass is 320 g/mol. The third-order valence-electron chi connectivity index (χ3n) is 3.86. The lowest BCUT2D eigenvalue weighted by molar-refractivity contribution is 0.222. The highest BCUT2D eigenvalue weighted by atomic mass is 19.1. The van der Waals surface area contributed by atoms with Gasteiger partial charge in [-0.05, 0) is 30.7 Å². The van der Waals surface area contributed by atoms with Crippen molar-refractivity contribution >= 4 is 6.01 Å². The second-order valence-corrected chi connectivity index (χ2v) is 5.59. The third-order valence-corrected chi connectivity index (χ3v) is 3.86. The van der Waals surface area contributed by atoms with E-state index in [1.165, 1.54) is 12.1 Å². The lowest BCUT2D eigenvalue weighted by Crippen LogP contribution is -2.47. The molecule has 0 radical (unpaired) electrons. The Morgan fingerprint density at radius 3 is 2.52 bits per heavy atom. The van der Waals surface area contributed by atoms with Crippen molar-refractivity contribution in [3.8, 4) is 5.75 Å². The fourth-order valence-corrected chi connectivity index (χ4v) is 2.59. The molecule has 0 spiro atoms. The lowest BCUT2D eigenvalue weighted by atomic mass is 10.3. The number of hydrogen-bond donors (Lipinski definition) is 0. The van der Waals surface area contributed by atoms with Crippen molar-refractivity contribution in [2.75, 3.05) is 44.2 Å². The quantitative estimate of drug-likeness (QED) is 0.760. The van der Waals surface area contributed by atoms with Crippen molar-refractivity contribution in [3.05, 3.63) is 36.0 Å². The molecule has 0 unspecified atom stereocenters. The Balaban J connectivity index is 1.34. The fourth-order valence-electron chi connectivity index (χ4n) is 2.59. The van der Waals surface area contributed by atoms with Crippen LogP contribution in [0.4, 0.5) is 10.4 Å². The molecule has 0 atom stereocenters. The van der Waals surface area contributed by atoms with Crippen molar-refractivity contribution in [2.45, 2.75) is 13.3 Å². The lowest BCUT2D eigenvalue weighted by Gasteiger charge is -2.33. The van der Waals surface area contributed by atoms with Crippen LogP contribution in [0.1, 0.15) is 12.3 Å². The molecule has 1 fully saturated rings. The SMILES string of the molecule is Cc1nnc(N2CCN(CCCOc3ccc(F)cc3)CC2)o1. The van der Waals surface area contributed by atoms with Gasteiger partial charge < -0.3 is 14.1 Å². The Morgan fingerprint density at radius 2 is 1.87 bits per heavy atom. The molecule has 2 aromatic rings. The highest BCUT2D eigenvalue weighted by Crippen LogP contribution is 2.15. The van der Waals surface area contributed by atoms with E-state index >= 15 is 0 Å². The molecule has 1 aliphatic rings. The molecule has 3 rings (SSSR count). The summed E-state index contributed by atoms with van der Waals surface area (Å²) < 4.78 is 23.9. The molecule has 0 bridgehead atoms. The van der Waals surface area contributed by atoms with Gasteiger partial charge in [0.1, 0.15) is 11.6 Å². The maximum atomic E-state index is 12.8. The largest absolute Gasteiger partial charge is 0.494 e. The van der Waals surface area contributed by atoms with Gasteiger partial charge in [-0.25, -0.2) is 4.39 Å². The Hall–Kier alpha value is -2.15. The van der Waals surface area contributed by atoms with Gasteiger partial charge in [-0.3, -0.25) is 4.90 Å². The first-order valence-electron chi connectivity index (χ1n) is 7.86. The van der Waals surface area contributed by atoms with Crippen LogP contribution in [0.15, 0.2) is 28.7 Å². The summed E-state index contributed by atoms with van der Waals surface area (Å²) in [7, 11) is 0. The molecule has 1 saturated heterocycles. The average molecular weight is 320 g/mol. The molecule has 7 heteroatoms. The zero-order chi connectivity index (χ0) is 16.1. The molecule has 23 heavy (non-hydrogen) atoms. The maximum Gasteiger partial charge on any atom is 0.318 e. The van der Waals surface area contributed by atoms with Crippen LogP contribution in [0.2, 0.25) is 0 Å². The second kappa shape index (κ2) is 7.41. The number of piperazine rings is 1. The summed E-state index contributed by atoms with van der Waals surface area (Å²) in [6.07, 6.45) is 0.942. The van der Waals surface area contributed by atoms with Crippen LogP contribution < -0.4 is 9.64 Å². The molecular weight excluding hydrogens is 299 g/mol. The van der Waals surface area contributed by atoms with Crippen LogP contribution >= 0.6 is 0 Å². The van der Waals surface area contributed by atoms with E-state index in [1.807, 2.05) is 0 Å². The van der Waals surface area contributed by atoms with Gasteiger partial charge in [-0.2, -0.15) is 0 Å². The third kappa shape index (κ3) is 4.41. The maximum absolute atomic E-state index is 12.8. The van der Waals surface area contributed by atoms with Gasteiger partial charge in [0.05, 0.1) is 6.61 Å². The van der Waals surface area contributed by atoms with E-state index in [0.717, 1.165) is 39.1 Å². The van der Waals surface area contributed by atoms with Crippen molar-refractivity contribution < 1.29 is 13.5 Å². The number of rotatable bonds is 6. The summed E-state index contributed by atoms with van der Waals surface area (Å²) >= 11 is 0. The molecule has 6 nitrogen and oxygen atoms in total. The molecule has 1 aromatic heterocycles. The molecule has 1 aliphatic heterocycles. The summed E-state index contributed by atoms with van der Waals surface area (Å²) in [6.45, 7) is 7.14. The summed E-state index contributed by atoms with van der Waals surface area (Å²) in [4.78, 5) is 4.51. The molecule has 0 aliphatic carbocycles. The fraction of sp³-hybridized carbons (Fsp3) is 0.500. The van der Waals surface area contributed by atoms with Crippen LogP contribution in [0.3, 0.4) is 0 Å². The van der Waals surface area contributed by atoms with Gasteiger partial charge in [-0.15, -0.1) is 5.10 Å². The Labute approximate surface area is 134 Å². The Morgan fingerprint density at radius 1 is 1.13 bits per heavy atom. The van der Waals surface area contributed by atoms with E-state index in [1.54, 1.807) is 19.1 Å². The molecule has 0 amide bonds. The second-order valence-electron chi connectivity index (χ2n) is 5.59. The van der Waals surface area contributed by atoms with E-state index in [9.17, 15) is 4.39 Å². The van der Waals surface area contributed by atoms with Crippen LogP contribution in [-0.4, -0.2) is 54.4 Å². The topological polar surface area (TPSA) is 54.6 Å². The first kappa shape index (κ1) is 15.7. The number of benzene rings is 1. The van der Waals surface area contributed by atoms with Gasteiger partial charge in [-0.1, -0.05) is 5.10 Å². The van der Waals surface area contributed by atoms with Crippen LogP contribution in [-0.2, 0) is 0 Å². The minimum Gasteiger partial charge on any atom is -0.494 e. The minimum absolute atomic E-state index is 0.244. The van der Waals surface area contributed by atoms with E-state index in [0.29, 0.717) is 24.3 Å². The van der Waals surface area contributed by atoms with Gasteiger partial charge in [0.15, 0.2) is 0 Å². The Bertz CT molecular complexity index is 609. The molecule has 2 heterocycles. The summed E-state index contributed by atoms with van der Waals surface area (Å²) in [6, 6.07) is 6.74. The summed E-state index contributed by atoms with van der Waals surface area (Å²) in [5, 5.41) is 7.92. The Kier molecular flexibility index (Phi) is 5.07. The molecule has 0 saturated carbocycles. The molecular formula is C16H21FN4O2.